The highest BCUT2D eigenvalue weighted by molar-refractivity contribution is 6.32. The van der Waals surface area contributed by atoms with Crippen molar-refractivity contribution in [3.05, 3.63) is 22.3 Å². The Kier molecular flexibility index (Phi) is 1.72. The molecule has 0 aromatic carbocycles. The van der Waals surface area contributed by atoms with Gasteiger partial charge in [-0.1, -0.05) is 11.6 Å². The Morgan fingerprint density at radius 2 is 2.25 bits per heavy atom. The van der Waals surface area contributed by atoms with E-state index in [4.69, 9.17) is 17.3 Å². The van der Waals surface area contributed by atoms with Gasteiger partial charge in [0.25, 0.3) is 0 Å². The van der Waals surface area contributed by atoms with Crippen molar-refractivity contribution in [1.29, 1.82) is 0 Å². The summed E-state index contributed by atoms with van der Waals surface area (Å²) in [5.41, 5.74) is 7.65. The third-order valence-corrected chi connectivity index (χ3v) is 2.68. The molecule has 0 amide bonds. The Morgan fingerprint density at radius 1 is 1.58 bits per heavy atom. The van der Waals surface area contributed by atoms with Crippen LogP contribution in [0.5, 0.6) is 0 Å². The second kappa shape index (κ2) is 2.63. The van der Waals surface area contributed by atoms with E-state index in [0.29, 0.717) is 11.7 Å². The van der Waals surface area contributed by atoms with E-state index < -0.39 is 0 Å². The van der Waals surface area contributed by atoms with E-state index in [1.165, 1.54) is 18.4 Å². The van der Waals surface area contributed by atoms with Crippen LogP contribution in [0.1, 0.15) is 30.0 Å². The molecule has 1 aliphatic carbocycles. The second-order valence-corrected chi connectivity index (χ2v) is 3.69. The molecule has 0 spiro atoms. The van der Waals surface area contributed by atoms with Gasteiger partial charge < -0.3 is 5.73 Å². The van der Waals surface area contributed by atoms with E-state index >= 15 is 0 Å². The first-order valence-corrected chi connectivity index (χ1v) is 4.49. The minimum absolute atomic E-state index is 0.582. The zero-order valence-electron chi connectivity index (χ0n) is 6.97. The van der Waals surface area contributed by atoms with Crippen LogP contribution < -0.4 is 5.73 Å². The molecule has 1 aliphatic rings. The van der Waals surface area contributed by atoms with Crippen molar-refractivity contribution >= 4 is 17.4 Å². The summed E-state index contributed by atoms with van der Waals surface area (Å²) in [6.45, 7) is 1.89. The molecule has 2 N–H and O–H groups in total. The molecule has 1 fully saturated rings. The van der Waals surface area contributed by atoms with E-state index in [2.05, 4.69) is 4.98 Å². The van der Waals surface area contributed by atoms with Crippen LogP contribution in [0.4, 0.5) is 5.82 Å². The highest BCUT2D eigenvalue weighted by Gasteiger charge is 2.26. The predicted molar refractivity (Wildman–Crippen MR) is 50.4 cm³/mol. The molecule has 3 heteroatoms. The Bertz CT molecular complexity index is 319. The lowest BCUT2D eigenvalue weighted by Crippen LogP contribution is -1.96. The molecule has 2 nitrogen and oxygen atoms in total. The monoisotopic (exact) mass is 182 g/mol. The van der Waals surface area contributed by atoms with E-state index in [1.54, 1.807) is 0 Å². The van der Waals surface area contributed by atoms with Crippen LogP contribution in [0, 0.1) is 6.92 Å². The lowest BCUT2D eigenvalue weighted by Gasteiger charge is -2.05. The number of anilines is 1. The highest BCUT2D eigenvalue weighted by Crippen LogP contribution is 2.44. The molecule has 0 radical (unpaired) electrons. The van der Waals surface area contributed by atoms with Crippen LogP contribution >= 0.6 is 11.6 Å². The van der Waals surface area contributed by atoms with Crippen molar-refractivity contribution in [2.75, 3.05) is 5.73 Å². The predicted octanol–water partition coefficient (Wildman–Crippen LogP) is 2.50. The first-order valence-electron chi connectivity index (χ1n) is 4.11. The molecule has 1 aromatic heterocycles. The number of aromatic nitrogens is 1. The molecular weight excluding hydrogens is 172 g/mol. The average Bonchev–Trinajstić information content (AvgIpc) is 2.79. The largest absolute Gasteiger partial charge is 0.384 e. The maximum absolute atomic E-state index is 6.08. The Hall–Kier alpha value is -0.760. The van der Waals surface area contributed by atoms with E-state index in [9.17, 15) is 0 Å². The normalized spacial score (nSPS) is 16.5. The van der Waals surface area contributed by atoms with Crippen molar-refractivity contribution in [2.45, 2.75) is 25.7 Å². The summed E-state index contributed by atoms with van der Waals surface area (Å²) < 4.78 is 0. The summed E-state index contributed by atoms with van der Waals surface area (Å²) in [6.07, 6.45) is 2.48. The van der Waals surface area contributed by atoms with Gasteiger partial charge in [-0.3, -0.25) is 0 Å². The molecule has 0 aliphatic heterocycles. The fraction of sp³-hybridized carbons (Fsp3) is 0.444. The number of hydrogen-bond donors (Lipinski definition) is 1. The fourth-order valence-electron chi connectivity index (χ4n) is 1.40. The van der Waals surface area contributed by atoms with Crippen LogP contribution in [0.15, 0.2) is 6.07 Å². The van der Waals surface area contributed by atoms with Gasteiger partial charge in [-0.25, -0.2) is 4.98 Å². The van der Waals surface area contributed by atoms with E-state index in [-0.39, 0.29) is 0 Å². The quantitative estimate of drug-likeness (QED) is 0.725. The van der Waals surface area contributed by atoms with Crippen LogP contribution in [-0.4, -0.2) is 4.98 Å². The van der Waals surface area contributed by atoms with Crippen molar-refractivity contribution in [2.24, 2.45) is 0 Å². The van der Waals surface area contributed by atoms with Crippen molar-refractivity contribution in [1.82, 2.24) is 4.98 Å². The van der Waals surface area contributed by atoms with Gasteiger partial charge in [-0.15, -0.1) is 0 Å². The number of nitrogens with zero attached hydrogens (tertiary/aromatic N) is 1. The lowest BCUT2D eigenvalue weighted by molar-refractivity contribution is 1.09. The molecule has 1 heterocycles. The van der Waals surface area contributed by atoms with Crippen LogP contribution in [0.3, 0.4) is 0 Å². The standard InChI is InChI=1S/C9H11ClN2/c1-5-9(10)7(6-2-3-6)4-8(11)12-5/h4,6H,2-3H2,1H3,(H2,11,12). The summed E-state index contributed by atoms with van der Waals surface area (Å²) in [4.78, 5) is 4.09. The van der Waals surface area contributed by atoms with Crippen LogP contribution in [0.2, 0.25) is 5.02 Å². The molecule has 0 unspecified atom stereocenters. The summed E-state index contributed by atoms with van der Waals surface area (Å²) >= 11 is 6.08. The molecular formula is C9H11ClN2. The molecule has 0 bridgehead atoms. The minimum Gasteiger partial charge on any atom is -0.384 e. The fourth-order valence-corrected chi connectivity index (χ4v) is 1.65. The number of aryl methyl sites for hydroxylation is 1. The Balaban J connectivity index is 2.51. The second-order valence-electron chi connectivity index (χ2n) is 3.31. The van der Waals surface area contributed by atoms with Gasteiger partial charge in [-0.05, 0) is 37.3 Å². The molecule has 1 saturated carbocycles. The number of rotatable bonds is 1. The van der Waals surface area contributed by atoms with Gasteiger partial charge in [0.05, 0.1) is 10.7 Å². The lowest BCUT2D eigenvalue weighted by atomic mass is 10.1. The molecule has 0 saturated heterocycles. The molecule has 12 heavy (non-hydrogen) atoms. The first kappa shape index (κ1) is 7.87. The van der Waals surface area contributed by atoms with Crippen molar-refractivity contribution < 1.29 is 0 Å². The smallest absolute Gasteiger partial charge is 0.123 e. The zero-order valence-corrected chi connectivity index (χ0v) is 7.73. The summed E-state index contributed by atoms with van der Waals surface area (Å²) in [7, 11) is 0. The number of halogens is 1. The molecule has 64 valence electrons. The summed E-state index contributed by atoms with van der Waals surface area (Å²) in [5.74, 6) is 1.22. The van der Waals surface area contributed by atoms with E-state index in [0.717, 1.165) is 10.7 Å². The van der Waals surface area contributed by atoms with Crippen molar-refractivity contribution in [3.8, 4) is 0 Å². The minimum atomic E-state index is 0.582. The third-order valence-electron chi connectivity index (χ3n) is 2.19. The number of hydrogen-bond acceptors (Lipinski definition) is 2. The zero-order chi connectivity index (χ0) is 8.72. The molecule has 0 atom stereocenters. The Morgan fingerprint density at radius 3 is 2.83 bits per heavy atom. The number of nitrogen functional groups attached to an aromatic ring is 1. The number of nitrogens with two attached hydrogens (primary N) is 1. The SMILES string of the molecule is Cc1nc(N)cc(C2CC2)c1Cl. The topological polar surface area (TPSA) is 38.9 Å². The summed E-state index contributed by atoms with van der Waals surface area (Å²) in [5, 5.41) is 0.798. The van der Waals surface area contributed by atoms with Gasteiger partial charge >= 0.3 is 0 Å². The van der Waals surface area contributed by atoms with E-state index in [1.807, 2.05) is 13.0 Å². The maximum Gasteiger partial charge on any atom is 0.123 e. The van der Waals surface area contributed by atoms with Crippen LogP contribution in [-0.2, 0) is 0 Å². The van der Waals surface area contributed by atoms with Gasteiger partial charge in [0.15, 0.2) is 0 Å². The summed E-state index contributed by atoms with van der Waals surface area (Å²) in [6, 6.07) is 1.90. The van der Waals surface area contributed by atoms with Gasteiger partial charge in [0.2, 0.25) is 0 Å². The van der Waals surface area contributed by atoms with Gasteiger partial charge in [-0.2, -0.15) is 0 Å². The maximum atomic E-state index is 6.08. The molecule has 2 rings (SSSR count). The van der Waals surface area contributed by atoms with Gasteiger partial charge in [0.1, 0.15) is 5.82 Å². The third kappa shape index (κ3) is 1.27. The molecule has 1 aromatic rings. The highest BCUT2D eigenvalue weighted by atomic mass is 35.5. The number of pyridine rings is 1. The average molecular weight is 183 g/mol. The first-order chi connectivity index (χ1) is 5.68. The Labute approximate surface area is 76.7 Å². The van der Waals surface area contributed by atoms with Crippen molar-refractivity contribution in [3.63, 3.8) is 0 Å². The van der Waals surface area contributed by atoms with Gasteiger partial charge in [0, 0.05) is 0 Å². The van der Waals surface area contributed by atoms with Crippen LogP contribution in [0.25, 0.3) is 0 Å².